The number of rotatable bonds is 8. The Balaban J connectivity index is 1.69. The third-order valence-electron chi connectivity index (χ3n) is 4.15. The van der Waals surface area contributed by atoms with Crippen LogP contribution in [0, 0.1) is 0 Å². The predicted molar refractivity (Wildman–Crippen MR) is 83.5 cm³/mol. The number of hydrogen-bond donors (Lipinski definition) is 2. The number of benzene rings is 1. The van der Waals surface area contributed by atoms with E-state index in [4.69, 9.17) is 5.11 Å². The lowest BCUT2D eigenvalue weighted by atomic mass is 10.1. The van der Waals surface area contributed by atoms with Crippen LogP contribution in [-0.2, 0) is 0 Å². The zero-order valence-corrected chi connectivity index (χ0v) is 12.2. The van der Waals surface area contributed by atoms with Gasteiger partial charge in [0.1, 0.15) is 0 Å². The second-order valence-electron chi connectivity index (χ2n) is 5.80. The third-order valence-corrected chi connectivity index (χ3v) is 4.15. The zero-order valence-electron chi connectivity index (χ0n) is 12.2. The van der Waals surface area contributed by atoms with Crippen molar-refractivity contribution in [1.29, 1.82) is 0 Å². The molecule has 0 saturated heterocycles. The number of fused-ring (bicyclic) bond motifs is 1. The van der Waals surface area contributed by atoms with Crippen LogP contribution in [0.1, 0.15) is 36.0 Å². The Morgan fingerprint density at radius 3 is 2.86 bits per heavy atom. The van der Waals surface area contributed by atoms with Crippen molar-refractivity contribution in [1.82, 2.24) is 9.88 Å². The Morgan fingerprint density at radius 2 is 2.10 bits per heavy atom. The molecule has 2 N–H and O–H groups in total. The number of nitrogens with zero attached hydrogens (tertiary/aromatic N) is 1. The van der Waals surface area contributed by atoms with E-state index in [0.29, 0.717) is 12.6 Å². The van der Waals surface area contributed by atoms with Crippen LogP contribution in [0.5, 0.6) is 0 Å². The minimum absolute atomic E-state index is 0.184. The maximum Gasteiger partial charge on any atom is 0.178 e. The third kappa shape index (κ3) is 3.34. The van der Waals surface area contributed by atoms with Crippen molar-refractivity contribution in [3.05, 3.63) is 36.0 Å². The molecule has 1 aliphatic carbocycles. The Bertz CT molecular complexity index is 616. The number of aromatic nitrogens is 1. The fourth-order valence-corrected chi connectivity index (χ4v) is 2.83. The topological polar surface area (TPSA) is 56.3 Å². The summed E-state index contributed by atoms with van der Waals surface area (Å²) in [7, 11) is 0. The van der Waals surface area contributed by atoms with Crippen LogP contribution in [0.2, 0.25) is 0 Å². The second-order valence-corrected chi connectivity index (χ2v) is 5.80. The number of carbonyl (C=O) groups is 1. The molecule has 1 aliphatic rings. The number of aliphatic hydroxyl groups excluding tert-OH is 1. The van der Waals surface area contributed by atoms with E-state index in [-0.39, 0.29) is 12.4 Å². The molecule has 1 heterocycles. The first-order valence-electron chi connectivity index (χ1n) is 7.74. The molecular weight excluding hydrogens is 264 g/mol. The lowest BCUT2D eigenvalue weighted by Gasteiger charge is -2.20. The maximum absolute atomic E-state index is 12.6. The van der Waals surface area contributed by atoms with Crippen molar-refractivity contribution in [3.63, 3.8) is 0 Å². The predicted octanol–water partition coefficient (Wildman–Crippen LogP) is 2.59. The minimum Gasteiger partial charge on any atom is -0.396 e. The van der Waals surface area contributed by atoms with Gasteiger partial charge in [0, 0.05) is 35.3 Å². The molecule has 0 spiro atoms. The fraction of sp³-hybridized carbons (Fsp3) is 0.471. The van der Waals surface area contributed by atoms with Crippen molar-refractivity contribution in [2.24, 2.45) is 0 Å². The SMILES string of the molecule is O=C(CN(CCCCO)C1CC1)c1c[nH]c2ccccc12. The minimum atomic E-state index is 0.184. The Morgan fingerprint density at radius 1 is 1.29 bits per heavy atom. The Labute approximate surface area is 124 Å². The molecule has 0 aliphatic heterocycles. The van der Waals surface area contributed by atoms with Crippen molar-refractivity contribution >= 4 is 16.7 Å². The van der Waals surface area contributed by atoms with Gasteiger partial charge in [0.25, 0.3) is 0 Å². The highest BCUT2D eigenvalue weighted by atomic mass is 16.2. The van der Waals surface area contributed by atoms with Crippen LogP contribution in [0.3, 0.4) is 0 Å². The maximum atomic E-state index is 12.6. The molecule has 0 unspecified atom stereocenters. The molecule has 2 aromatic rings. The second kappa shape index (κ2) is 6.41. The van der Waals surface area contributed by atoms with Gasteiger partial charge in [-0.3, -0.25) is 9.69 Å². The van der Waals surface area contributed by atoms with E-state index in [0.717, 1.165) is 35.9 Å². The first-order chi connectivity index (χ1) is 10.3. The highest BCUT2D eigenvalue weighted by Gasteiger charge is 2.30. The molecule has 0 bridgehead atoms. The lowest BCUT2D eigenvalue weighted by molar-refractivity contribution is 0.0923. The van der Waals surface area contributed by atoms with Crippen molar-refractivity contribution in [2.45, 2.75) is 31.7 Å². The smallest absolute Gasteiger partial charge is 0.178 e. The molecule has 0 amide bonds. The van der Waals surface area contributed by atoms with E-state index in [9.17, 15) is 4.79 Å². The molecule has 1 fully saturated rings. The molecule has 21 heavy (non-hydrogen) atoms. The summed E-state index contributed by atoms with van der Waals surface area (Å²) in [5.41, 5.74) is 1.80. The number of carbonyl (C=O) groups excluding carboxylic acids is 1. The summed E-state index contributed by atoms with van der Waals surface area (Å²) >= 11 is 0. The average molecular weight is 286 g/mol. The van der Waals surface area contributed by atoms with Crippen LogP contribution < -0.4 is 0 Å². The zero-order chi connectivity index (χ0) is 14.7. The average Bonchev–Trinajstić information content (AvgIpc) is 3.25. The number of ketones is 1. The number of para-hydroxylation sites is 1. The largest absolute Gasteiger partial charge is 0.396 e. The standard InChI is InChI=1S/C17H22N2O2/c20-10-4-3-9-19(13-7-8-13)12-17(21)15-11-18-16-6-2-1-5-14(15)16/h1-2,5-6,11,13,18,20H,3-4,7-10,12H2. The van der Waals surface area contributed by atoms with Crippen LogP contribution in [0.4, 0.5) is 0 Å². The summed E-state index contributed by atoms with van der Waals surface area (Å²) in [5, 5.41) is 9.90. The summed E-state index contributed by atoms with van der Waals surface area (Å²) in [5.74, 6) is 0.184. The lowest BCUT2D eigenvalue weighted by Crippen LogP contribution is -2.33. The molecular formula is C17H22N2O2. The molecule has 1 aromatic carbocycles. The highest BCUT2D eigenvalue weighted by Crippen LogP contribution is 2.28. The number of aliphatic hydroxyl groups is 1. The first-order valence-corrected chi connectivity index (χ1v) is 7.74. The normalized spacial score (nSPS) is 15.0. The number of hydrogen-bond acceptors (Lipinski definition) is 3. The van der Waals surface area contributed by atoms with Gasteiger partial charge in [0.2, 0.25) is 0 Å². The fourth-order valence-electron chi connectivity index (χ4n) is 2.83. The van der Waals surface area contributed by atoms with Crippen LogP contribution in [0.15, 0.2) is 30.5 Å². The molecule has 4 heteroatoms. The summed E-state index contributed by atoms with van der Waals surface area (Å²) in [6.45, 7) is 1.62. The molecule has 3 rings (SSSR count). The van der Waals surface area contributed by atoms with E-state index < -0.39 is 0 Å². The van der Waals surface area contributed by atoms with Crippen molar-refractivity contribution < 1.29 is 9.90 Å². The molecule has 1 aromatic heterocycles. The van der Waals surface area contributed by atoms with Crippen molar-refractivity contribution in [3.8, 4) is 0 Å². The van der Waals surface area contributed by atoms with Gasteiger partial charge in [0.15, 0.2) is 5.78 Å². The Kier molecular flexibility index (Phi) is 4.36. The van der Waals surface area contributed by atoms with Gasteiger partial charge in [-0.05, 0) is 38.3 Å². The number of nitrogens with one attached hydrogen (secondary N) is 1. The quantitative estimate of drug-likeness (QED) is 0.579. The van der Waals surface area contributed by atoms with Crippen LogP contribution in [-0.4, -0.2) is 46.5 Å². The van der Waals surface area contributed by atoms with Crippen LogP contribution >= 0.6 is 0 Å². The van der Waals surface area contributed by atoms with Gasteiger partial charge in [0.05, 0.1) is 6.54 Å². The molecule has 4 nitrogen and oxygen atoms in total. The summed E-state index contributed by atoms with van der Waals surface area (Å²) < 4.78 is 0. The summed E-state index contributed by atoms with van der Waals surface area (Å²) in [4.78, 5) is 18.0. The molecule has 1 saturated carbocycles. The van der Waals surface area contributed by atoms with E-state index in [1.54, 1.807) is 0 Å². The number of Topliss-reactive ketones (excluding diaryl/α,β-unsaturated/α-hetero) is 1. The van der Waals surface area contributed by atoms with Crippen LogP contribution in [0.25, 0.3) is 10.9 Å². The molecule has 0 radical (unpaired) electrons. The van der Waals surface area contributed by atoms with Gasteiger partial charge in [-0.15, -0.1) is 0 Å². The highest BCUT2D eigenvalue weighted by molar-refractivity contribution is 6.08. The summed E-state index contributed by atoms with van der Waals surface area (Å²) in [6, 6.07) is 8.49. The molecule has 112 valence electrons. The van der Waals surface area contributed by atoms with E-state index in [1.165, 1.54) is 12.8 Å². The van der Waals surface area contributed by atoms with Gasteiger partial charge in [-0.25, -0.2) is 0 Å². The van der Waals surface area contributed by atoms with Gasteiger partial charge >= 0.3 is 0 Å². The van der Waals surface area contributed by atoms with E-state index in [2.05, 4.69) is 9.88 Å². The Hall–Kier alpha value is -1.65. The molecule has 0 atom stereocenters. The van der Waals surface area contributed by atoms with E-state index >= 15 is 0 Å². The van der Waals surface area contributed by atoms with Gasteiger partial charge in [-0.1, -0.05) is 18.2 Å². The number of unbranched alkanes of at least 4 members (excludes halogenated alkanes) is 1. The van der Waals surface area contributed by atoms with E-state index in [1.807, 2.05) is 30.5 Å². The number of H-pyrrole nitrogens is 1. The number of aromatic amines is 1. The van der Waals surface area contributed by atoms with Gasteiger partial charge in [-0.2, -0.15) is 0 Å². The summed E-state index contributed by atoms with van der Waals surface area (Å²) in [6.07, 6.45) is 5.98. The monoisotopic (exact) mass is 286 g/mol. The first kappa shape index (κ1) is 14.3. The van der Waals surface area contributed by atoms with Gasteiger partial charge < -0.3 is 10.1 Å². The van der Waals surface area contributed by atoms with Crippen molar-refractivity contribution in [2.75, 3.05) is 19.7 Å².